The number of ketones is 2. The zero-order chi connectivity index (χ0) is 18.9. The Balaban J connectivity index is 2.45. The molecule has 1 fully saturated rings. The van der Waals surface area contributed by atoms with Gasteiger partial charge in [-0.1, -0.05) is 0 Å². The summed E-state index contributed by atoms with van der Waals surface area (Å²) in [6.45, 7) is 2.31. The molecule has 4 atom stereocenters. The van der Waals surface area contributed by atoms with Crippen LogP contribution in [0.3, 0.4) is 0 Å². The molecule has 0 aromatic carbocycles. The third-order valence-electron chi connectivity index (χ3n) is 4.24. The summed E-state index contributed by atoms with van der Waals surface area (Å²) in [6.07, 6.45) is -3.29. The van der Waals surface area contributed by atoms with Crippen LogP contribution < -0.4 is 11.4 Å². The minimum atomic E-state index is -2.11. The first-order valence-electron chi connectivity index (χ1n) is 7.55. The SMILES string of the molecule is COCc1cn([C@H]2C[C@@](O)(C(C)=O)[C@@H](C(O)C(C)=O)O2)c(=O)nc1N. The predicted molar refractivity (Wildman–Crippen MR) is 84.5 cm³/mol. The van der Waals surface area contributed by atoms with Gasteiger partial charge < -0.3 is 25.4 Å². The highest BCUT2D eigenvalue weighted by molar-refractivity contribution is 5.88. The van der Waals surface area contributed by atoms with Crippen LogP contribution in [-0.4, -0.2) is 56.2 Å². The van der Waals surface area contributed by atoms with E-state index < -0.39 is 41.3 Å². The molecule has 10 nitrogen and oxygen atoms in total. The number of nitrogens with zero attached hydrogens (tertiary/aromatic N) is 2. The molecule has 10 heteroatoms. The van der Waals surface area contributed by atoms with Crippen molar-refractivity contribution in [2.75, 3.05) is 12.8 Å². The van der Waals surface area contributed by atoms with Gasteiger partial charge in [-0.05, 0) is 13.8 Å². The second-order valence-corrected chi connectivity index (χ2v) is 6.03. The molecule has 2 rings (SSSR count). The Morgan fingerprint density at radius 3 is 2.72 bits per heavy atom. The molecule has 1 aliphatic heterocycles. The lowest BCUT2D eigenvalue weighted by atomic mass is 9.86. The summed E-state index contributed by atoms with van der Waals surface area (Å²) in [7, 11) is 1.44. The van der Waals surface area contributed by atoms with Crippen molar-refractivity contribution in [1.82, 2.24) is 9.55 Å². The molecule has 25 heavy (non-hydrogen) atoms. The number of hydrogen-bond acceptors (Lipinski definition) is 9. The Hall–Kier alpha value is -2.14. The normalized spacial score (nSPS) is 27.2. The summed E-state index contributed by atoms with van der Waals surface area (Å²) in [5.41, 5.74) is 3.20. The minimum Gasteiger partial charge on any atom is -0.383 e. The van der Waals surface area contributed by atoms with Crippen molar-refractivity contribution in [1.29, 1.82) is 0 Å². The lowest BCUT2D eigenvalue weighted by Crippen LogP contribution is -2.52. The topological polar surface area (TPSA) is 154 Å². The monoisotopic (exact) mass is 355 g/mol. The second kappa shape index (κ2) is 7.00. The van der Waals surface area contributed by atoms with Crippen molar-refractivity contribution in [3.8, 4) is 0 Å². The number of carbonyl (C=O) groups is 2. The van der Waals surface area contributed by atoms with E-state index in [1.54, 1.807) is 0 Å². The van der Waals surface area contributed by atoms with Crippen molar-refractivity contribution in [3.05, 3.63) is 22.2 Å². The van der Waals surface area contributed by atoms with Crippen LogP contribution in [0.2, 0.25) is 0 Å². The van der Waals surface area contributed by atoms with E-state index in [4.69, 9.17) is 15.2 Å². The fourth-order valence-corrected chi connectivity index (χ4v) is 2.76. The smallest absolute Gasteiger partial charge is 0.351 e. The van der Waals surface area contributed by atoms with Gasteiger partial charge in [-0.25, -0.2) is 4.79 Å². The van der Waals surface area contributed by atoms with Crippen LogP contribution in [0.4, 0.5) is 5.82 Å². The van der Waals surface area contributed by atoms with Gasteiger partial charge in [0.1, 0.15) is 24.3 Å². The van der Waals surface area contributed by atoms with Gasteiger partial charge in [0.05, 0.1) is 6.61 Å². The fraction of sp³-hybridized carbons (Fsp3) is 0.600. The van der Waals surface area contributed by atoms with Gasteiger partial charge >= 0.3 is 5.69 Å². The summed E-state index contributed by atoms with van der Waals surface area (Å²) in [5.74, 6) is -1.37. The Labute approximate surface area is 143 Å². The molecule has 1 aromatic heterocycles. The number of ether oxygens (including phenoxy) is 2. The Morgan fingerprint density at radius 2 is 2.20 bits per heavy atom. The molecule has 1 aliphatic rings. The standard InChI is InChI=1S/C15H21N3O7/c1-7(19)11(21)12-15(23,8(2)20)4-10(25-12)18-5-9(6-24-3)13(16)17-14(18)22/h5,10-12,21,23H,4,6H2,1-3H3,(H2,16,17,22)/t10-,11?,12-,15-/m1/s1. The van der Waals surface area contributed by atoms with E-state index in [1.165, 1.54) is 13.3 Å². The highest BCUT2D eigenvalue weighted by atomic mass is 16.6. The first kappa shape index (κ1) is 19.2. The number of hydrogen-bond donors (Lipinski definition) is 3. The van der Waals surface area contributed by atoms with Gasteiger partial charge in [0.15, 0.2) is 17.2 Å². The predicted octanol–water partition coefficient (Wildman–Crippen LogP) is -1.47. The van der Waals surface area contributed by atoms with Crippen molar-refractivity contribution in [3.63, 3.8) is 0 Å². The molecule has 1 saturated heterocycles. The number of nitrogens with two attached hydrogens (primary N) is 1. The lowest BCUT2D eigenvalue weighted by molar-refractivity contribution is -0.158. The minimum absolute atomic E-state index is 0.0109. The van der Waals surface area contributed by atoms with Crippen molar-refractivity contribution in [2.24, 2.45) is 0 Å². The van der Waals surface area contributed by atoms with Crippen LogP contribution >= 0.6 is 0 Å². The number of carbonyl (C=O) groups excluding carboxylic acids is 2. The van der Waals surface area contributed by atoms with Crippen molar-refractivity contribution < 1.29 is 29.3 Å². The molecule has 0 aliphatic carbocycles. The number of aliphatic hydroxyl groups is 2. The number of aliphatic hydroxyl groups excluding tert-OH is 1. The largest absolute Gasteiger partial charge is 0.383 e. The van der Waals surface area contributed by atoms with E-state index in [0.29, 0.717) is 5.56 Å². The zero-order valence-corrected chi connectivity index (χ0v) is 14.1. The lowest BCUT2D eigenvalue weighted by Gasteiger charge is -2.27. The average Bonchev–Trinajstić information content (AvgIpc) is 2.88. The van der Waals surface area contributed by atoms with Crippen LogP contribution in [0.15, 0.2) is 11.0 Å². The highest BCUT2D eigenvalue weighted by Crippen LogP contribution is 2.38. The summed E-state index contributed by atoms with van der Waals surface area (Å²) < 4.78 is 11.5. The van der Waals surface area contributed by atoms with E-state index in [-0.39, 0.29) is 18.8 Å². The van der Waals surface area contributed by atoms with Crippen molar-refractivity contribution in [2.45, 2.75) is 50.9 Å². The van der Waals surface area contributed by atoms with Gasteiger partial charge in [0.25, 0.3) is 0 Å². The van der Waals surface area contributed by atoms with Gasteiger partial charge in [-0.2, -0.15) is 4.98 Å². The van der Waals surface area contributed by atoms with Gasteiger partial charge in [0.2, 0.25) is 0 Å². The van der Waals surface area contributed by atoms with Gasteiger partial charge in [0, 0.05) is 25.3 Å². The molecule has 4 N–H and O–H groups in total. The molecule has 1 unspecified atom stereocenters. The molecule has 0 amide bonds. The first-order chi connectivity index (χ1) is 11.6. The first-order valence-corrected chi connectivity index (χ1v) is 7.55. The van der Waals surface area contributed by atoms with Crippen LogP contribution in [0.1, 0.15) is 32.1 Å². The quantitative estimate of drug-likeness (QED) is 0.554. The molecule has 1 aromatic rings. The van der Waals surface area contributed by atoms with Crippen LogP contribution in [0.5, 0.6) is 0 Å². The summed E-state index contributed by atoms with van der Waals surface area (Å²) in [5, 5.41) is 20.6. The van der Waals surface area contributed by atoms with Crippen molar-refractivity contribution >= 4 is 17.4 Å². The van der Waals surface area contributed by atoms with Crippen LogP contribution in [0, 0.1) is 0 Å². The third kappa shape index (κ3) is 3.47. The molecule has 2 heterocycles. The molecule has 0 spiro atoms. The summed E-state index contributed by atoms with van der Waals surface area (Å²) in [4.78, 5) is 39.2. The van der Waals surface area contributed by atoms with Gasteiger partial charge in [-0.3, -0.25) is 14.2 Å². The number of nitrogen functional groups attached to an aromatic ring is 1. The Morgan fingerprint density at radius 1 is 1.56 bits per heavy atom. The summed E-state index contributed by atoms with van der Waals surface area (Å²) in [6, 6.07) is 0. The van der Waals surface area contributed by atoms with Crippen LogP contribution in [-0.2, 0) is 25.7 Å². The molecule has 138 valence electrons. The average molecular weight is 355 g/mol. The van der Waals surface area contributed by atoms with Crippen LogP contribution in [0.25, 0.3) is 0 Å². The zero-order valence-electron chi connectivity index (χ0n) is 14.1. The maximum absolute atomic E-state index is 12.1. The number of anilines is 1. The maximum atomic E-state index is 12.1. The Kier molecular flexibility index (Phi) is 5.37. The molecule has 0 bridgehead atoms. The molecular weight excluding hydrogens is 334 g/mol. The number of rotatable bonds is 6. The maximum Gasteiger partial charge on any atom is 0.351 e. The molecular formula is C15H21N3O7. The second-order valence-electron chi connectivity index (χ2n) is 6.03. The Bertz CT molecular complexity index is 747. The number of Topliss-reactive ketones (excluding diaryl/α,β-unsaturated/α-hetero) is 2. The third-order valence-corrected chi connectivity index (χ3v) is 4.24. The number of aromatic nitrogens is 2. The summed E-state index contributed by atoms with van der Waals surface area (Å²) >= 11 is 0. The van der Waals surface area contributed by atoms with E-state index in [9.17, 15) is 24.6 Å². The van der Waals surface area contributed by atoms with E-state index in [2.05, 4.69) is 4.98 Å². The molecule has 0 saturated carbocycles. The molecule has 0 radical (unpaired) electrons. The van der Waals surface area contributed by atoms with E-state index in [1.807, 2.05) is 0 Å². The van der Waals surface area contributed by atoms with E-state index in [0.717, 1.165) is 18.4 Å². The fourth-order valence-electron chi connectivity index (χ4n) is 2.76. The van der Waals surface area contributed by atoms with E-state index >= 15 is 0 Å². The number of methoxy groups -OCH3 is 1. The highest BCUT2D eigenvalue weighted by Gasteiger charge is 2.55. The van der Waals surface area contributed by atoms with Gasteiger partial charge in [-0.15, -0.1) is 0 Å².